The molecule has 27 heavy (non-hydrogen) atoms. The second kappa shape index (κ2) is 7.77. The van der Waals surface area contributed by atoms with Crippen LogP contribution in [0.4, 0.5) is 22.2 Å². The Morgan fingerprint density at radius 2 is 1.63 bits per heavy atom. The molecule has 0 atom stereocenters. The molecule has 3 rings (SSSR count). The quantitative estimate of drug-likeness (QED) is 0.719. The van der Waals surface area contributed by atoms with Crippen LogP contribution in [-0.4, -0.2) is 44.3 Å². The molecule has 0 aliphatic carbocycles. The number of methoxy groups -OCH3 is 2. The highest BCUT2D eigenvalue weighted by atomic mass is 16.5. The fraction of sp³-hybridized carbons (Fsp3) is 0.211. The number of amides is 2. The number of carbonyl (C=O) groups excluding carboxylic acids is 1. The Balaban J connectivity index is 2.02. The Kier molecular flexibility index (Phi) is 5.25. The summed E-state index contributed by atoms with van der Waals surface area (Å²) < 4.78 is 10.7. The van der Waals surface area contributed by atoms with Crippen molar-refractivity contribution in [2.75, 3.05) is 43.8 Å². The Bertz CT molecular complexity index is 960. The van der Waals surface area contributed by atoms with Crippen LogP contribution in [0, 0.1) is 0 Å². The van der Waals surface area contributed by atoms with E-state index in [2.05, 4.69) is 20.6 Å². The van der Waals surface area contributed by atoms with Crippen LogP contribution in [0.25, 0.3) is 10.9 Å². The summed E-state index contributed by atoms with van der Waals surface area (Å²) in [5, 5.41) is 6.21. The van der Waals surface area contributed by atoms with E-state index in [1.54, 1.807) is 43.4 Å². The number of hydrogen-bond donors (Lipinski definition) is 2. The number of para-hydroxylation sites is 1. The maximum absolute atomic E-state index is 12.4. The molecule has 0 spiro atoms. The standard InChI is InChI=1S/C19H21N5O3/c1-24(2)18-21-14-11-16(27-4)15(26-3)10-13(14)17(22-18)23-19(25)20-12-8-6-5-7-9-12/h5-11H,1-4H3,(H2,20,21,22,23,25). The van der Waals surface area contributed by atoms with E-state index in [0.29, 0.717) is 39.9 Å². The number of rotatable bonds is 5. The fourth-order valence-corrected chi connectivity index (χ4v) is 2.53. The highest BCUT2D eigenvalue weighted by Gasteiger charge is 2.16. The molecule has 3 aromatic rings. The summed E-state index contributed by atoms with van der Waals surface area (Å²) in [6, 6.07) is 12.3. The minimum absolute atomic E-state index is 0.373. The van der Waals surface area contributed by atoms with Gasteiger partial charge in [-0.05, 0) is 18.2 Å². The Morgan fingerprint density at radius 1 is 0.963 bits per heavy atom. The van der Waals surface area contributed by atoms with Crippen LogP contribution >= 0.6 is 0 Å². The number of ether oxygens (including phenoxy) is 2. The summed E-state index contributed by atoms with van der Waals surface area (Å²) in [5.74, 6) is 1.91. The van der Waals surface area contributed by atoms with Crippen molar-refractivity contribution in [1.29, 1.82) is 0 Å². The molecule has 0 unspecified atom stereocenters. The molecule has 1 aromatic heterocycles. The number of carbonyl (C=O) groups is 1. The van der Waals surface area contributed by atoms with Gasteiger partial charge in [0.2, 0.25) is 5.95 Å². The third-order valence-corrected chi connectivity index (χ3v) is 3.85. The van der Waals surface area contributed by atoms with Gasteiger partial charge < -0.3 is 19.7 Å². The van der Waals surface area contributed by atoms with E-state index in [1.807, 2.05) is 32.3 Å². The summed E-state index contributed by atoms with van der Waals surface area (Å²) >= 11 is 0. The summed E-state index contributed by atoms with van der Waals surface area (Å²) in [6.45, 7) is 0. The molecule has 8 nitrogen and oxygen atoms in total. The maximum Gasteiger partial charge on any atom is 0.324 e. The topological polar surface area (TPSA) is 88.6 Å². The van der Waals surface area contributed by atoms with E-state index in [9.17, 15) is 4.79 Å². The molecule has 0 saturated heterocycles. The largest absolute Gasteiger partial charge is 0.493 e. The molecule has 8 heteroatoms. The molecule has 0 bridgehead atoms. The number of fused-ring (bicyclic) bond motifs is 1. The van der Waals surface area contributed by atoms with Crippen LogP contribution in [0.5, 0.6) is 11.5 Å². The third kappa shape index (κ3) is 4.00. The molecule has 140 valence electrons. The summed E-state index contributed by atoms with van der Waals surface area (Å²) in [4.78, 5) is 23.2. The smallest absolute Gasteiger partial charge is 0.324 e. The van der Waals surface area contributed by atoms with Crippen LogP contribution in [-0.2, 0) is 0 Å². The SMILES string of the molecule is COc1cc2nc(N(C)C)nc(NC(=O)Nc3ccccc3)c2cc1OC. The average molecular weight is 367 g/mol. The lowest BCUT2D eigenvalue weighted by molar-refractivity contribution is 0.262. The zero-order valence-corrected chi connectivity index (χ0v) is 15.6. The number of hydrogen-bond acceptors (Lipinski definition) is 6. The molecular weight excluding hydrogens is 346 g/mol. The molecular formula is C19H21N5O3. The number of aromatic nitrogens is 2. The minimum atomic E-state index is -0.402. The summed E-state index contributed by atoms with van der Waals surface area (Å²) in [5.41, 5.74) is 1.31. The number of anilines is 3. The van der Waals surface area contributed by atoms with E-state index in [0.717, 1.165) is 0 Å². The van der Waals surface area contributed by atoms with Crippen molar-refractivity contribution >= 4 is 34.4 Å². The molecule has 2 amide bonds. The van der Waals surface area contributed by atoms with Crippen molar-refractivity contribution in [3.05, 3.63) is 42.5 Å². The lowest BCUT2D eigenvalue weighted by atomic mass is 10.2. The van der Waals surface area contributed by atoms with E-state index >= 15 is 0 Å². The van der Waals surface area contributed by atoms with Gasteiger partial charge in [-0.15, -0.1) is 0 Å². The van der Waals surface area contributed by atoms with Gasteiger partial charge in [0.25, 0.3) is 0 Å². The van der Waals surface area contributed by atoms with E-state index in [-0.39, 0.29) is 0 Å². The minimum Gasteiger partial charge on any atom is -0.493 e. The van der Waals surface area contributed by atoms with Crippen molar-refractivity contribution in [2.24, 2.45) is 0 Å². The fourth-order valence-electron chi connectivity index (χ4n) is 2.53. The van der Waals surface area contributed by atoms with Gasteiger partial charge in [0.15, 0.2) is 11.5 Å². The monoisotopic (exact) mass is 367 g/mol. The van der Waals surface area contributed by atoms with Crippen molar-refractivity contribution in [1.82, 2.24) is 9.97 Å². The highest BCUT2D eigenvalue weighted by molar-refractivity contribution is 6.05. The van der Waals surface area contributed by atoms with Crippen LogP contribution in [0.1, 0.15) is 0 Å². The van der Waals surface area contributed by atoms with Crippen LogP contribution < -0.4 is 25.0 Å². The van der Waals surface area contributed by atoms with Crippen LogP contribution in [0.3, 0.4) is 0 Å². The van der Waals surface area contributed by atoms with Gasteiger partial charge in [0.05, 0.1) is 19.7 Å². The molecule has 0 aliphatic heterocycles. The maximum atomic E-state index is 12.4. The van der Waals surface area contributed by atoms with E-state index < -0.39 is 6.03 Å². The normalized spacial score (nSPS) is 10.4. The zero-order valence-electron chi connectivity index (χ0n) is 15.6. The Morgan fingerprint density at radius 3 is 2.26 bits per heavy atom. The van der Waals surface area contributed by atoms with E-state index in [4.69, 9.17) is 9.47 Å². The number of nitrogens with zero attached hydrogens (tertiary/aromatic N) is 3. The average Bonchev–Trinajstić information content (AvgIpc) is 2.67. The van der Waals surface area contributed by atoms with Gasteiger partial charge in [-0.3, -0.25) is 5.32 Å². The zero-order chi connectivity index (χ0) is 19.4. The first-order chi connectivity index (χ1) is 13.0. The highest BCUT2D eigenvalue weighted by Crippen LogP contribution is 2.34. The van der Waals surface area contributed by atoms with Gasteiger partial charge in [0.1, 0.15) is 5.82 Å². The van der Waals surface area contributed by atoms with Crippen molar-refractivity contribution < 1.29 is 14.3 Å². The molecule has 0 saturated carbocycles. The van der Waals surface area contributed by atoms with Crippen molar-refractivity contribution in [2.45, 2.75) is 0 Å². The van der Waals surface area contributed by atoms with Crippen molar-refractivity contribution in [3.8, 4) is 11.5 Å². The number of benzene rings is 2. The summed E-state index contributed by atoms with van der Waals surface area (Å²) in [6.07, 6.45) is 0. The first-order valence-electron chi connectivity index (χ1n) is 8.26. The van der Waals surface area contributed by atoms with Gasteiger partial charge in [0, 0.05) is 31.2 Å². The van der Waals surface area contributed by atoms with Crippen molar-refractivity contribution in [3.63, 3.8) is 0 Å². The van der Waals surface area contributed by atoms with Gasteiger partial charge in [-0.1, -0.05) is 18.2 Å². The van der Waals surface area contributed by atoms with Gasteiger partial charge in [-0.2, -0.15) is 4.98 Å². The molecule has 1 heterocycles. The van der Waals surface area contributed by atoms with Gasteiger partial charge >= 0.3 is 6.03 Å². The third-order valence-electron chi connectivity index (χ3n) is 3.85. The predicted octanol–water partition coefficient (Wildman–Crippen LogP) is 3.36. The lowest BCUT2D eigenvalue weighted by Crippen LogP contribution is -2.21. The Labute approximate surface area is 157 Å². The number of nitrogens with one attached hydrogen (secondary N) is 2. The molecule has 0 fully saturated rings. The van der Waals surface area contributed by atoms with Gasteiger partial charge in [-0.25, -0.2) is 9.78 Å². The van der Waals surface area contributed by atoms with E-state index in [1.165, 1.54) is 0 Å². The molecule has 2 aromatic carbocycles. The molecule has 0 aliphatic rings. The summed E-state index contributed by atoms with van der Waals surface area (Å²) in [7, 11) is 6.77. The van der Waals surface area contributed by atoms with Crippen LogP contribution in [0.15, 0.2) is 42.5 Å². The Hall–Kier alpha value is -3.55. The lowest BCUT2D eigenvalue weighted by Gasteiger charge is -2.16. The first kappa shape index (κ1) is 18.2. The first-order valence-corrected chi connectivity index (χ1v) is 8.26. The number of urea groups is 1. The predicted molar refractivity (Wildman–Crippen MR) is 106 cm³/mol. The molecule has 0 radical (unpaired) electrons. The second-order valence-corrected chi connectivity index (χ2v) is 5.94. The second-order valence-electron chi connectivity index (χ2n) is 5.94. The van der Waals surface area contributed by atoms with Crippen LogP contribution in [0.2, 0.25) is 0 Å². The molecule has 2 N–H and O–H groups in total.